The van der Waals surface area contributed by atoms with Crippen LogP contribution in [-0.2, 0) is 9.84 Å². The molecule has 5 heteroatoms. The fourth-order valence-corrected chi connectivity index (χ4v) is 3.76. The molecule has 1 saturated carbocycles. The van der Waals surface area contributed by atoms with Crippen molar-refractivity contribution in [3.8, 4) is 0 Å². The van der Waals surface area contributed by atoms with Gasteiger partial charge in [0.15, 0.2) is 9.84 Å². The Kier molecular flexibility index (Phi) is 4.04. The molecule has 0 spiro atoms. The zero-order chi connectivity index (χ0) is 13.4. The first-order valence-corrected chi connectivity index (χ1v) is 8.74. The van der Waals surface area contributed by atoms with Crippen molar-refractivity contribution < 1.29 is 8.42 Å². The minimum atomic E-state index is -2.90. The molecule has 2 aliphatic rings. The molecule has 0 radical (unpaired) electrons. The van der Waals surface area contributed by atoms with Gasteiger partial charge in [0.2, 0.25) is 0 Å². The van der Waals surface area contributed by atoms with Gasteiger partial charge < -0.3 is 5.32 Å². The van der Waals surface area contributed by atoms with E-state index < -0.39 is 9.84 Å². The van der Waals surface area contributed by atoms with Gasteiger partial charge in [0.25, 0.3) is 0 Å². The Morgan fingerprint density at radius 2 is 2.06 bits per heavy atom. The van der Waals surface area contributed by atoms with E-state index in [-0.39, 0.29) is 10.8 Å². The van der Waals surface area contributed by atoms with Crippen molar-refractivity contribution in [3.63, 3.8) is 0 Å². The van der Waals surface area contributed by atoms with Crippen molar-refractivity contribution in [2.24, 2.45) is 5.92 Å². The summed E-state index contributed by atoms with van der Waals surface area (Å²) >= 11 is 0. The van der Waals surface area contributed by atoms with E-state index >= 15 is 0 Å². The number of sulfone groups is 1. The normalized spacial score (nSPS) is 30.9. The Morgan fingerprint density at radius 3 is 2.61 bits per heavy atom. The lowest BCUT2D eigenvalue weighted by atomic mass is 9.93. The van der Waals surface area contributed by atoms with E-state index in [4.69, 9.17) is 0 Å². The van der Waals surface area contributed by atoms with Crippen LogP contribution < -0.4 is 5.32 Å². The highest BCUT2D eigenvalue weighted by atomic mass is 32.2. The van der Waals surface area contributed by atoms with Crippen LogP contribution in [0.25, 0.3) is 0 Å². The molecule has 0 amide bonds. The second kappa shape index (κ2) is 5.10. The van der Waals surface area contributed by atoms with Crippen LogP contribution in [0.15, 0.2) is 0 Å². The first-order valence-electron chi connectivity index (χ1n) is 7.02. The number of nitrogens with one attached hydrogen (secondary N) is 1. The Labute approximate surface area is 111 Å². The molecule has 2 rings (SSSR count). The van der Waals surface area contributed by atoms with Gasteiger partial charge in [-0.25, -0.2) is 8.42 Å². The molecule has 4 nitrogen and oxygen atoms in total. The Hall–Kier alpha value is -0.130. The Balaban J connectivity index is 1.87. The maximum absolute atomic E-state index is 11.8. The largest absolute Gasteiger partial charge is 0.309 e. The summed E-state index contributed by atoms with van der Waals surface area (Å²) in [5.74, 6) is 1.09. The van der Waals surface area contributed by atoms with Crippen LogP contribution >= 0.6 is 0 Å². The third kappa shape index (κ3) is 3.25. The lowest BCUT2D eigenvalue weighted by molar-refractivity contribution is 0.133. The molecule has 1 saturated heterocycles. The van der Waals surface area contributed by atoms with Crippen molar-refractivity contribution in [2.75, 3.05) is 31.9 Å². The molecule has 1 atom stereocenters. The van der Waals surface area contributed by atoms with Gasteiger partial charge in [0.05, 0.1) is 11.0 Å². The molecule has 1 aliphatic heterocycles. The van der Waals surface area contributed by atoms with Gasteiger partial charge in [-0.2, -0.15) is 0 Å². The molecule has 0 aromatic rings. The molecule has 2 fully saturated rings. The average Bonchev–Trinajstić information content (AvgIpc) is 3.10. The lowest BCUT2D eigenvalue weighted by Crippen LogP contribution is -2.60. The zero-order valence-electron chi connectivity index (χ0n) is 11.8. The maximum atomic E-state index is 11.8. The van der Waals surface area contributed by atoms with Crippen LogP contribution in [0.3, 0.4) is 0 Å². The van der Waals surface area contributed by atoms with Crippen molar-refractivity contribution in [1.29, 1.82) is 0 Å². The molecule has 1 N–H and O–H groups in total. The summed E-state index contributed by atoms with van der Waals surface area (Å²) < 4.78 is 23.7. The molecule has 18 heavy (non-hydrogen) atoms. The topological polar surface area (TPSA) is 49.4 Å². The fourth-order valence-electron chi connectivity index (χ4n) is 2.78. The maximum Gasteiger partial charge on any atom is 0.153 e. The minimum Gasteiger partial charge on any atom is -0.309 e. The molecular weight excluding hydrogens is 248 g/mol. The summed E-state index contributed by atoms with van der Waals surface area (Å²) in [4.78, 5) is 2.31. The van der Waals surface area contributed by atoms with E-state index in [1.54, 1.807) is 13.8 Å². The Bertz CT molecular complexity index is 390. The second-order valence-corrected chi connectivity index (χ2v) is 8.99. The van der Waals surface area contributed by atoms with Gasteiger partial charge in [-0.3, -0.25) is 4.90 Å². The van der Waals surface area contributed by atoms with Crippen LogP contribution in [-0.4, -0.2) is 56.0 Å². The summed E-state index contributed by atoms with van der Waals surface area (Å²) in [5, 5.41) is 3.36. The van der Waals surface area contributed by atoms with E-state index in [1.807, 2.05) is 0 Å². The van der Waals surface area contributed by atoms with E-state index in [2.05, 4.69) is 17.1 Å². The summed E-state index contributed by atoms with van der Waals surface area (Å²) in [6.07, 6.45) is 2.64. The van der Waals surface area contributed by atoms with E-state index in [1.165, 1.54) is 12.8 Å². The second-order valence-electron chi connectivity index (χ2n) is 6.31. The minimum absolute atomic E-state index is 0.208. The lowest BCUT2D eigenvalue weighted by Gasteiger charge is -2.42. The average molecular weight is 274 g/mol. The molecule has 1 aliphatic carbocycles. The number of nitrogens with zero attached hydrogens (tertiary/aromatic N) is 1. The van der Waals surface area contributed by atoms with Crippen LogP contribution in [0.5, 0.6) is 0 Å². The van der Waals surface area contributed by atoms with E-state index in [9.17, 15) is 8.42 Å². The summed E-state index contributed by atoms with van der Waals surface area (Å²) in [6.45, 7) is 9.44. The SMILES string of the molecule is CC(C)S(=O)(=O)CCN1CCNC(C)(C2CC2)C1. The standard InChI is InChI=1S/C13H26N2O2S/c1-11(2)18(16,17)9-8-15-7-6-14-13(3,10-15)12-4-5-12/h11-12,14H,4-10H2,1-3H3. The zero-order valence-corrected chi connectivity index (χ0v) is 12.6. The first-order chi connectivity index (χ1) is 8.33. The number of hydrogen-bond donors (Lipinski definition) is 1. The van der Waals surface area contributed by atoms with Gasteiger partial charge in [-0.15, -0.1) is 0 Å². The molecular formula is C13H26N2O2S. The van der Waals surface area contributed by atoms with Gasteiger partial charge in [-0.05, 0) is 39.5 Å². The number of piperazine rings is 1. The number of rotatable bonds is 5. The highest BCUT2D eigenvalue weighted by Crippen LogP contribution is 2.40. The predicted molar refractivity (Wildman–Crippen MR) is 74.5 cm³/mol. The number of hydrogen-bond acceptors (Lipinski definition) is 4. The third-order valence-corrected chi connectivity index (χ3v) is 6.59. The molecule has 106 valence electrons. The van der Waals surface area contributed by atoms with Crippen molar-refractivity contribution in [1.82, 2.24) is 10.2 Å². The highest BCUT2D eigenvalue weighted by Gasteiger charge is 2.43. The predicted octanol–water partition coefficient (Wildman–Crippen LogP) is 0.884. The van der Waals surface area contributed by atoms with Crippen LogP contribution in [0.4, 0.5) is 0 Å². The smallest absolute Gasteiger partial charge is 0.153 e. The summed E-state index contributed by atoms with van der Waals surface area (Å²) in [5.41, 5.74) is 0.208. The fraction of sp³-hybridized carbons (Fsp3) is 1.00. The van der Waals surface area contributed by atoms with Crippen LogP contribution in [0.2, 0.25) is 0 Å². The van der Waals surface area contributed by atoms with Crippen molar-refractivity contribution in [2.45, 2.75) is 44.4 Å². The molecule has 0 aromatic heterocycles. The monoisotopic (exact) mass is 274 g/mol. The Morgan fingerprint density at radius 1 is 1.39 bits per heavy atom. The molecule has 0 aromatic carbocycles. The molecule has 1 heterocycles. The van der Waals surface area contributed by atoms with E-state index in [0.717, 1.165) is 25.6 Å². The van der Waals surface area contributed by atoms with Gasteiger partial charge in [0.1, 0.15) is 0 Å². The molecule has 1 unspecified atom stereocenters. The summed E-state index contributed by atoms with van der Waals surface area (Å²) in [6, 6.07) is 0. The summed E-state index contributed by atoms with van der Waals surface area (Å²) in [7, 11) is -2.90. The van der Waals surface area contributed by atoms with Crippen LogP contribution in [0.1, 0.15) is 33.6 Å². The first kappa shape index (κ1) is 14.3. The highest BCUT2D eigenvalue weighted by molar-refractivity contribution is 7.92. The third-order valence-electron chi connectivity index (χ3n) is 4.40. The van der Waals surface area contributed by atoms with Crippen LogP contribution in [0, 0.1) is 5.92 Å². The van der Waals surface area contributed by atoms with E-state index in [0.29, 0.717) is 12.3 Å². The van der Waals surface area contributed by atoms with Gasteiger partial charge >= 0.3 is 0 Å². The van der Waals surface area contributed by atoms with Crippen molar-refractivity contribution >= 4 is 9.84 Å². The van der Waals surface area contributed by atoms with Crippen molar-refractivity contribution in [3.05, 3.63) is 0 Å². The quantitative estimate of drug-likeness (QED) is 0.809. The van der Waals surface area contributed by atoms with Gasteiger partial charge in [-0.1, -0.05) is 0 Å². The van der Waals surface area contributed by atoms with Gasteiger partial charge in [0, 0.05) is 31.7 Å². The molecule has 0 bridgehead atoms.